The number of hydrogen-bond donors (Lipinski definition) is 1. The van der Waals surface area contributed by atoms with Crippen LogP contribution in [0.3, 0.4) is 0 Å². The highest BCUT2D eigenvalue weighted by atomic mass is 19.1. The normalized spacial score (nSPS) is 14.0. The molecular formula is C18H16FN5O3. The van der Waals surface area contributed by atoms with E-state index in [4.69, 9.17) is 4.42 Å². The van der Waals surface area contributed by atoms with Gasteiger partial charge in [-0.05, 0) is 60.0 Å². The molecule has 1 aliphatic rings. The highest BCUT2D eigenvalue weighted by molar-refractivity contribution is 6.05. The van der Waals surface area contributed by atoms with Crippen LogP contribution in [-0.2, 0) is 0 Å². The highest BCUT2D eigenvalue weighted by Gasteiger charge is 2.25. The van der Waals surface area contributed by atoms with Gasteiger partial charge in [0.15, 0.2) is 0 Å². The van der Waals surface area contributed by atoms with Crippen molar-refractivity contribution in [2.75, 3.05) is 5.32 Å². The standard InChI is InChI=1S/C18H16FN5O3/c1-10-7-15(11-3-2-4-11)27-18(26)16(10)17(25)21-12-5-6-13(19)14(8-12)24-9-20-22-23-24/h5-9,11H,2-4H2,1H3,(H,21,25). The van der Waals surface area contributed by atoms with Crippen molar-refractivity contribution < 1.29 is 13.6 Å². The lowest BCUT2D eigenvalue weighted by atomic mass is 9.83. The monoisotopic (exact) mass is 369 g/mol. The molecule has 3 aromatic rings. The molecule has 1 aromatic carbocycles. The summed E-state index contributed by atoms with van der Waals surface area (Å²) in [5.74, 6) is -0.288. The van der Waals surface area contributed by atoms with Gasteiger partial charge in [-0.25, -0.2) is 9.18 Å². The molecule has 2 heterocycles. The molecule has 27 heavy (non-hydrogen) atoms. The fourth-order valence-electron chi connectivity index (χ4n) is 3.03. The second-order valence-electron chi connectivity index (χ2n) is 6.50. The molecular weight excluding hydrogens is 353 g/mol. The first-order valence-electron chi connectivity index (χ1n) is 8.52. The molecule has 1 aliphatic carbocycles. The minimum absolute atomic E-state index is 0.0635. The van der Waals surface area contributed by atoms with Gasteiger partial charge in [-0.1, -0.05) is 6.42 Å². The zero-order valence-corrected chi connectivity index (χ0v) is 14.5. The molecule has 138 valence electrons. The van der Waals surface area contributed by atoms with Gasteiger partial charge in [0.2, 0.25) is 0 Å². The summed E-state index contributed by atoms with van der Waals surface area (Å²) in [4.78, 5) is 24.9. The fraction of sp³-hybridized carbons (Fsp3) is 0.278. The van der Waals surface area contributed by atoms with Crippen molar-refractivity contribution >= 4 is 11.6 Å². The molecule has 1 saturated carbocycles. The van der Waals surface area contributed by atoms with E-state index in [1.54, 1.807) is 13.0 Å². The Labute approximate surface area is 153 Å². The van der Waals surface area contributed by atoms with E-state index in [9.17, 15) is 14.0 Å². The Bertz CT molecular complexity index is 1060. The van der Waals surface area contributed by atoms with Crippen LogP contribution in [0.2, 0.25) is 0 Å². The lowest BCUT2D eigenvalue weighted by Crippen LogP contribution is -2.24. The van der Waals surface area contributed by atoms with Crippen LogP contribution < -0.4 is 10.9 Å². The van der Waals surface area contributed by atoms with Gasteiger partial charge < -0.3 is 9.73 Å². The van der Waals surface area contributed by atoms with Gasteiger partial charge in [-0.3, -0.25) is 4.79 Å². The second kappa shape index (κ2) is 6.75. The van der Waals surface area contributed by atoms with Gasteiger partial charge >= 0.3 is 5.63 Å². The molecule has 1 amide bonds. The number of rotatable bonds is 4. The number of amides is 1. The van der Waals surface area contributed by atoms with Crippen LogP contribution in [0.15, 0.2) is 39.8 Å². The van der Waals surface area contributed by atoms with Crippen LogP contribution in [0.4, 0.5) is 10.1 Å². The van der Waals surface area contributed by atoms with E-state index in [0.29, 0.717) is 17.0 Å². The molecule has 0 spiro atoms. The molecule has 0 atom stereocenters. The lowest BCUT2D eigenvalue weighted by molar-refractivity contribution is 0.102. The van der Waals surface area contributed by atoms with E-state index in [-0.39, 0.29) is 17.2 Å². The summed E-state index contributed by atoms with van der Waals surface area (Å²) >= 11 is 0. The number of carbonyl (C=O) groups excluding carboxylic acids is 1. The first-order chi connectivity index (χ1) is 13.0. The molecule has 0 saturated heterocycles. The maximum atomic E-state index is 14.0. The third-order valence-corrected chi connectivity index (χ3v) is 4.70. The Kier molecular flexibility index (Phi) is 4.27. The summed E-state index contributed by atoms with van der Waals surface area (Å²) in [6.07, 6.45) is 4.33. The predicted molar refractivity (Wildman–Crippen MR) is 93.4 cm³/mol. The Morgan fingerprint density at radius 1 is 1.33 bits per heavy atom. The van der Waals surface area contributed by atoms with E-state index >= 15 is 0 Å². The zero-order valence-electron chi connectivity index (χ0n) is 14.5. The third-order valence-electron chi connectivity index (χ3n) is 4.70. The molecule has 1 N–H and O–H groups in total. The summed E-state index contributed by atoms with van der Waals surface area (Å²) in [6, 6.07) is 5.70. The molecule has 8 nitrogen and oxygen atoms in total. The van der Waals surface area contributed by atoms with Gasteiger partial charge in [-0.2, -0.15) is 4.68 Å². The Balaban J connectivity index is 1.61. The second-order valence-corrected chi connectivity index (χ2v) is 6.50. The average Bonchev–Trinajstić information content (AvgIpc) is 3.08. The smallest absolute Gasteiger partial charge is 0.349 e. The number of nitrogens with zero attached hydrogens (tertiary/aromatic N) is 4. The largest absolute Gasteiger partial charge is 0.427 e. The van der Waals surface area contributed by atoms with Gasteiger partial charge in [0.1, 0.15) is 29.2 Å². The Morgan fingerprint density at radius 3 is 2.78 bits per heavy atom. The van der Waals surface area contributed by atoms with Crippen molar-refractivity contribution in [2.24, 2.45) is 0 Å². The van der Waals surface area contributed by atoms with Gasteiger partial charge in [0, 0.05) is 11.6 Å². The van der Waals surface area contributed by atoms with Crippen LogP contribution in [0.5, 0.6) is 0 Å². The highest BCUT2D eigenvalue weighted by Crippen LogP contribution is 2.36. The van der Waals surface area contributed by atoms with E-state index in [1.165, 1.54) is 24.5 Å². The Hall–Kier alpha value is -3.36. The molecule has 9 heteroatoms. The van der Waals surface area contributed by atoms with Gasteiger partial charge in [0.25, 0.3) is 5.91 Å². The lowest BCUT2D eigenvalue weighted by Gasteiger charge is -2.24. The van der Waals surface area contributed by atoms with Gasteiger partial charge in [-0.15, -0.1) is 5.10 Å². The first-order valence-corrected chi connectivity index (χ1v) is 8.52. The number of anilines is 1. The van der Waals surface area contributed by atoms with Crippen molar-refractivity contribution in [3.8, 4) is 5.69 Å². The predicted octanol–water partition coefficient (Wildman–Crippen LogP) is 2.58. The van der Waals surface area contributed by atoms with E-state index < -0.39 is 17.3 Å². The fourth-order valence-corrected chi connectivity index (χ4v) is 3.03. The number of halogens is 1. The molecule has 2 aromatic heterocycles. The molecule has 0 bridgehead atoms. The van der Waals surface area contributed by atoms with Crippen LogP contribution in [0, 0.1) is 12.7 Å². The molecule has 0 radical (unpaired) electrons. The average molecular weight is 369 g/mol. The van der Waals surface area contributed by atoms with Crippen LogP contribution in [0.25, 0.3) is 5.69 Å². The maximum absolute atomic E-state index is 14.0. The van der Waals surface area contributed by atoms with E-state index in [1.807, 2.05) is 0 Å². The Morgan fingerprint density at radius 2 is 2.15 bits per heavy atom. The van der Waals surface area contributed by atoms with E-state index in [2.05, 4.69) is 20.8 Å². The number of aromatic nitrogens is 4. The SMILES string of the molecule is Cc1cc(C2CCC2)oc(=O)c1C(=O)Nc1ccc(F)c(-n2cnnn2)c1. The van der Waals surface area contributed by atoms with Crippen molar-refractivity contribution in [1.29, 1.82) is 0 Å². The van der Waals surface area contributed by atoms with E-state index in [0.717, 1.165) is 23.9 Å². The van der Waals surface area contributed by atoms with Crippen LogP contribution in [0.1, 0.15) is 46.9 Å². The van der Waals surface area contributed by atoms with Crippen LogP contribution >= 0.6 is 0 Å². The van der Waals surface area contributed by atoms with Crippen molar-refractivity contribution in [3.05, 3.63) is 63.7 Å². The molecule has 0 aliphatic heterocycles. The van der Waals surface area contributed by atoms with Crippen molar-refractivity contribution in [2.45, 2.75) is 32.1 Å². The van der Waals surface area contributed by atoms with Crippen LogP contribution in [-0.4, -0.2) is 26.1 Å². The molecule has 4 rings (SSSR count). The minimum atomic E-state index is -0.669. The van der Waals surface area contributed by atoms with Gasteiger partial charge in [0.05, 0.1) is 0 Å². The first kappa shape index (κ1) is 17.1. The summed E-state index contributed by atoms with van der Waals surface area (Å²) in [6.45, 7) is 1.70. The number of tetrazole rings is 1. The summed E-state index contributed by atoms with van der Waals surface area (Å²) in [5.41, 5.74) is 0.188. The molecule has 1 fully saturated rings. The number of benzene rings is 1. The number of nitrogens with one attached hydrogen (secondary N) is 1. The number of carbonyl (C=O) groups is 1. The third kappa shape index (κ3) is 3.23. The zero-order chi connectivity index (χ0) is 19.0. The van der Waals surface area contributed by atoms with Crippen molar-refractivity contribution in [1.82, 2.24) is 20.2 Å². The topological polar surface area (TPSA) is 103 Å². The summed E-state index contributed by atoms with van der Waals surface area (Å²) in [5, 5.41) is 13.1. The quantitative estimate of drug-likeness (QED) is 0.758. The summed E-state index contributed by atoms with van der Waals surface area (Å²) < 4.78 is 20.5. The summed E-state index contributed by atoms with van der Waals surface area (Å²) in [7, 11) is 0. The minimum Gasteiger partial charge on any atom is -0.427 e. The number of aryl methyl sites for hydroxylation is 1. The number of hydrogen-bond acceptors (Lipinski definition) is 6. The maximum Gasteiger partial charge on any atom is 0.349 e. The van der Waals surface area contributed by atoms with Crippen molar-refractivity contribution in [3.63, 3.8) is 0 Å². The molecule has 0 unspecified atom stereocenters.